The first kappa shape index (κ1) is 21.8. The van der Waals surface area contributed by atoms with Crippen molar-refractivity contribution in [3.8, 4) is 0 Å². The van der Waals surface area contributed by atoms with Crippen molar-refractivity contribution in [2.75, 3.05) is 5.32 Å². The molecule has 4 N–H and O–H groups in total. The molecule has 0 saturated heterocycles. The molecule has 0 aliphatic heterocycles. The Labute approximate surface area is 175 Å². The van der Waals surface area contributed by atoms with E-state index in [-0.39, 0.29) is 24.4 Å². The number of nitrogens with zero attached hydrogens (tertiary/aromatic N) is 4. The van der Waals surface area contributed by atoms with E-state index >= 15 is 0 Å². The molecule has 164 valence electrons. The maximum absolute atomic E-state index is 12.3. The fourth-order valence-corrected chi connectivity index (χ4v) is 4.08. The molecule has 10 heteroatoms. The van der Waals surface area contributed by atoms with Crippen LogP contribution in [-0.4, -0.2) is 48.3 Å². The normalized spacial score (nSPS) is 19.7. The lowest BCUT2D eigenvalue weighted by molar-refractivity contribution is -0.115. The number of amides is 2. The monoisotopic (exact) mass is 417 g/mol. The van der Waals surface area contributed by atoms with E-state index in [1.165, 1.54) is 0 Å². The highest BCUT2D eigenvalue weighted by Gasteiger charge is 2.29. The average Bonchev–Trinajstić information content (AvgIpc) is 3.41. The summed E-state index contributed by atoms with van der Waals surface area (Å²) in [6.45, 7) is 6.01. The van der Waals surface area contributed by atoms with Crippen LogP contribution in [-0.2, 0) is 11.2 Å². The minimum absolute atomic E-state index is 0.00322. The minimum Gasteiger partial charge on any atom is -0.465 e. The van der Waals surface area contributed by atoms with Gasteiger partial charge in [-0.05, 0) is 51.9 Å². The van der Waals surface area contributed by atoms with Gasteiger partial charge in [-0.3, -0.25) is 9.89 Å². The van der Waals surface area contributed by atoms with Crippen molar-refractivity contribution in [2.24, 2.45) is 5.92 Å². The van der Waals surface area contributed by atoms with Crippen molar-refractivity contribution in [1.29, 1.82) is 0 Å². The molecule has 0 spiro atoms. The van der Waals surface area contributed by atoms with E-state index in [1.807, 2.05) is 26.8 Å². The molecular formula is C20H31N7O3. The molecular weight excluding hydrogens is 386 g/mol. The second kappa shape index (κ2) is 9.73. The number of hydrogen-bond acceptors (Lipinski definition) is 5. The molecule has 3 unspecified atom stereocenters. The van der Waals surface area contributed by atoms with Crippen molar-refractivity contribution in [1.82, 2.24) is 30.5 Å². The van der Waals surface area contributed by atoms with Crippen molar-refractivity contribution in [3.05, 3.63) is 23.7 Å². The van der Waals surface area contributed by atoms with Gasteiger partial charge >= 0.3 is 6.09 Å². The molecule has 0 bridgehead atoms. The number of carbonyl (C=O) groups is 2. The van der Waals surface area contributed by atoms with Crippen LogP contribution in [0.2, 0.25) is 0 Å². The van der Waals surface area contributed by atoms with Gasteiger partial charge in [-0.1, -0.05) is 12.1 Å². The zero-order valence-corrected chi connectivity index (χ0v) is 17.8. The molecule has 3 atom stereocenters. The number of nitrogens with one attached hydrogen (secondary N) is 3. The smallest absolute Gasteiger partial charge is 0.404 e. The predicted octanol–water partition coefficient (Wildman–Crippen LogP) is 3.08. The summed E-state index contributed by atoms with van der Waals surface area (Å²) < 4.78 is 1.72. The number of carboxylic acid groups (broad SMARTS) is 1. The molecule has 2 heterocycles. The summed E-state index contributed by atoms with van der Waals surface area (Å²) in [4.78, 5) is 23.2. The van der Waals surface area contributed by atoms with Gasteiger partial charge in [0.25, 0.3) is 0 Å². The van der Waals surface area contributed by atoms with Crippen LogP contribution in [0.5, 0.6) is 0 Å². The number of aromatic nitrogens is 5. The first-order valence-corrected chi connectivity index (χ1v) is 10.6. The molecule has 30 heavy (non-hydrogen) atoms. The average molecular weight is 418 g/mol. The van der Waals surface area contributed by atoms with Gasteiger partial charge in [0, 0.05) is 36.0 Å². The molecule has 2 aromatic heterocycles. The molecule has 1 aliphatic rings. The standard InChI is InChI=1S/C20H31N7O3/c1-4-15(21-20(29)30)8-13-5-6-14(7-13)17-10-18(25-24-17)22-19(28)9-16-11-27(12(2)3)26-23-16/h10-15,21H,4-9H2,1-3H3,(H,29,30)(H2,22,24,25,28). The fraction of sp³-hybridized carbons (Fsp3) is 0.650. The third-order valence-electron chi connectivity index (χ3n) is 5.71. The van der Waals surface area contributed by atoms with Gasteiger partial charge in [0.2, 0.25) is 5.91 Å². The van der Waals surface area contributed by atoms with Crippen molar-refractivity contribution in [3.63, 3.8) is 0 Å². The van der Waals surface area contributed by atoms with Gasteiger partial charge in [0.05, 0.1) is 12.1 Å². The van der Waals surface area contributed by atoms with Crippen LogP contribution < -0.4 is 10.6 Å². The Kier molecular flexibility index (Phi) is 7.07. The Bertz CT molecular complexity index is 860. The molecule has 3 rings (SSSR count). The SMILES string of the molecule is CCC(CC1CCC(c2cc(NC(=O)Cc3cn(C(C)C)nn3)n[nH]2)C1)NC(=O)O. The van der Waals surface area contributed by atoms with Gasteiger partial charge in [0.15, 0.2) is 5.82 Å². The molecule has 2 amide bonds. The number of H-pyrrole nitrogens is 1. The molecule has 2 aromatic rings. The first-order chi connectivity index (χ1) is 14.3. The summed E-state index contributed by atoms with van der Waals surface area (Å²) in [6.07, 6.45) is 5.70. The Morgan fingerprint density at radius 2 is 2.17 bits per heavy atom. The molecule has 0 radical (unpaired) electrons. The number of aromatic amines is 1. The third kappa shape index (κ3) is 5.80. The van der Waals surface area contributed by atoms with Crippen LogP contribution in [0.4, 0.5) is 10.6 Å². The third-order valence-corrected chi connectivity index (χ3v) is 5.71. The van der Waals surface area contributed by atoms with Crippen LogP contribution >= 0.6 is 0 Å². The van der Waals surface area contributed by atoms with E-state index in [1.54, 1.807) is 10.9 Å². The number of rotatable bonds is 9. The summed E-state index contributed by atoms with van der Waals surface area (Å²) in [7, 11) is 0. The Morgan fingerprint density at radius 1 is 1.37 bits per heavy atom. The maximum Gasteiger partial charge on any atom is 0.404 e. The topological polar surface area (TPSA) is 138 Å². The van der Waals surface area contributed by atoms with Crippen LogP contribution in [0.15, 0.2) is 12.3 Å². The summed E-state index contributed by atoms with van der Waals surface area (Å²) in [6, 6.07) is 2.09. The summed E-state index contributed by atoms with van der Waals surface area (Å²) >= 11 is 0. The highest BCUT2D eigenvalue weighted by Crippen LogP contribution is 2.40. The largest absolute Gasteiger partial charge is 0.465 e. The lowest BCUT2D eigenvalue weighted by atomic mass is 9.95. The molecule has 0 aromatic carbocycles. The highest BCUT2D eigenvalue weighted by molar-refractivity contribution is 5.91. The quantitative estimate of drug-likeness (QED) is 0.495. The second-order valence-electron chi connectivity index (χ2n) is 8.38. The molecule has 10 nitrogen and oxygen atoms in total. The van der Waals surface area contributed by atoms with E-state index in [9.17, 15) is 9.59 Å². The van der Waals surface area contributed by atoms with Gasteiger partial charge in [-0.25, -0.2) is 9.48 Å². The van der Waals surface area contributed by atoms with Crippen LogP contribution in [0.3, 0.4) is 0 Å². The zero-order valence-electron chi connectivity index (χ0n) is 17.8. The molecule has 1 saturated carbocycles. The van der Waals surface area contributed by atoms with Crippen LogP contribution in [0.25, 0.3) is 0 Å². The van der Waals surface area contributed by atoms with Gasteiger partial charge in [-0.2, -0.15) is 5.10 Å². The highest BCUT2D eigenvalue weighted by atomic mass is 16.4. The Hall–Kier alpha value is -2.91. The van der Waals surface area contributed by atoms with Crippen LogP contribution in [0.1, 0.15) is 76.2 Å². The van der Waals surface area contributed by atoms with Crippen LogP contribution in [0, 0.1) is 5.92 Å². The van der Waals surface area contributed by atoms with Gasteiger partial charge in [-0.15, -0.1) is 5.10 Å². The van der Waals surface area contributed by atoms with E-state index in [4.69, 9.17) is 5.11 Å². The lowest BCUT2D eigenvalue weighted by Gasteiger charge is -2.19. The number of carbonyl (C=O) groups excluding carboxylic acids is 1. The van der Waals surface area contributed by atoms with Crippen molar-refractivity contribution in [2.45, 2.75) is 77.3 Å². The number of hydrogen-bond donors (Lipinski definition) is 4. The second-order valence-corrected chi connectivity index (χ2v) is 8.38. The van der Waals surface area contributed by atoms with E-state index in [0.29, 0.717) is 23.3 Å². The predicted molar refractivity (Wildman–Crippen MR) is 111 cm³/mol. The van der Waals surface area contributed by atoms with Crippen molar-refractivity contribution >= 4 is 17.8 Å². The Balaban J connectivity index is 1.49. The van der Waals surface area contributed by atoms with Gasteiger partial charge in [0.1, 0.15) is 0 Å². The summed E-state index contributed by atoms with van der Waals surface area (Å²) in [5, 5.41) is 29.7. The minimum atomic E-state index is -0.961. The molecule has 1 fully saturated rings. The Morgan fingerprint density at radius 3 is 2.83 bits per heavy atom. The summed E-state index contributed by atoms with van der Waals surface area (Å²) in [5.74, 6) is 1.16. The number of anilines is 1. The summed E-state index contributed by atoms with van der Waals surface area (Å²) in [5.41, 5.74) is 1.63. The van der Waals surface area contributed by atoms with E-state index in [2.05, 4.69) is 31.1 Å². The zero-order chi connectivity index (χ0) is 21.7. The van der Waals surface area contributed by atoms with E-state index < -0.39 is 6.09 Å². The lowest BCUT2D eigenvalue weighted by Crippen LogP contribution is -2.34. The van der Waals surface area contributed by atoms with Gasteiger partial charge < -0.3 is 15.7 Å². The molecule has 1 aliphatic carbocycles. The maximum atomic E-state index is 12.3. The van der Waals surface area contributed by atoms with E-state index in [0.717, 1.165) is 37.8 Å². The fourth-order valence-electron chi connectivity index (χ4n) is 4.08. The van der Waals surface area contributed by atoms with Crippen molar-refractivity contribution < 1.29 is 14.7 Å². The first-order valence-electron chi connectivity index (χ1n) is 10.6.